The Morgan fingerprint density at radius 1 is 1.19 bits per heavy atom. The number of amides is 3. The molecule has 0 aliphatic carbocycles. The summed E-state index contributed by atoms with van der Waals surface area (Å²) in [6.07, 6.45) is 0. The summed E-state index contributed by atoms with van der Waals surface area (Å²) in [5, 5.41) is 5.47. The van der Waals surface area contributed by atoms with Gasteiger partial charge in [0.2, 0.25) is 11.8 Å². The Kier molecular flexibility index (Phi) is 7.55. The Labute approximate surface area is 153 Å². The maximum Gasteiger partial charge on any atom is 0.251 e. The number of anilines is 1. The molecule has 2 rings (SSSR count). The van der Waals surface area contributed by atoms with Gasteiger partial charge in [0.25, 0.3) is 5.91 Å². The highest BCUT2D eigenvalue weighted by Crippen LogP contribution is 2.10. The highest BCUT2D eigenvalue weighted by molar-refractivity contribution is 5.97. The molecule has 26 heavy (non-hydrogen) atoms. The molecule has 1 aromatic rings. The Morgan fingerprint density at radius 2 is 1.92 bits per heavy atom. The lowest BCUT2D eigenvalue weighted by atomic mass is 10.2. The fourth-order valence-electron chi connectivity index (χ4n) is 2.65. The van der Waals surface area contributed by atoms with E-state index in [1.54, 1.807) is 41.1 Å². The molecule has 142 valence electrons. The predicted molar refractivity (Wildman–Crippen MR) is 98.0 cm³/mol. The number of morpholine rings is 1. The van der Waals surface area contributed by atoms with E-state index < -0.39 is 0 Å². The monoisotopic (exact) mass is 362 g/mol. The van der Waals surface area contributed by atoms with Crippen molar-refractivity contribution in [3.8, 4) is 0 Å². The van der Waals surface area contributed by atoms with Gasteiger partial charge in [-0.1, -0.05) is 6.07 Å². The minimum absolute atomic E-state index is 0.0122. The van der Waals surface area contributed by atoms with E-state index in [4.69, 9.17) is 4.74 Å². The Bertz CT molecular complexity index is 644. The first-order chi connectivity index (χ1) is 12.5. The molecule has 1 saturated heterocycles. The summed E-state index contributed by atoms with van der Waals surface area (Å²) in [6, 6.07) is 6.75. The second-order valence-electron chi connectivity index (χ2n) is 6.15. The topological polar surface area (TPSA) is 91.0 Å². The molecule has 1 aromatic carbocycles. The van der Waals surface area contributed by atoms with Crippen molar-refractivity contribution in [3.63, 3.8) is 0 Å². The maximum atomic E-state index is 12.2. The summed E-state index contributed by atoms with van der Waals surface area (Å²) in [5.41, 5.74) is 1.03. The molecular formula is C18H26N4O4. The van der Waals surface area contributed by atoms with Crippen LogP contribution in [0.1, 0.15) is 17.3 Å². The van der Waals surface area contributed by atoms with E-state index in [2.05, 4.69) is 10.6 Å². The van der Waals surface area contributed by atoms with E-state index in [9.17, 15) is 14.4 Å². The second kappa shape index (κ2) is 9.88. The van der Waals surface area contributed by atoms with Crippen molar-refractivity contribution in [1.29, 1.82) is 0 Å². The average Bonchev–Trinajstić information content (AvgIpc) is 2.62. The molecule has 1 heterocycles. The van der Waals surface area contributed by atoms with Crippen molar-refractivity contribution in [3.05, 3.63) is 29.8 Å². The van der Waals surface area contributed by atoms with Gasteiger partial charge in [0, 0.05) is 30.9 Å². The number of likely N-dealkylation sites (N-methyl/N-ethyl adjacent to an activating group) is 1. The zero-order valence-electron chi connectivity index (χ0n) is 15.3. The number of ether oxygens (including phenoxy) is 1. The third-order valence-electron chi connectivity index (χ3n) is 3.93. The first kappa shape index (κ1) is 19.9. The van der Waals surface area contributed by atoms with E-state index >= 15 is 0 Å². The smallest absolute Gasteiger partial charge is 0.251 e. The maximum absolute atomic E-state index is 12.2. The van der Waals surface area contributed by atoms with Crippen LogP contribution in [0.3, 0.4) is 0 Å². The van der Waals surface area contributed by atoms with Gasteiger partial charge in [-0.15, -0.1) is 0 Å². The fraction of sp³-hybridized carbons (Fsp3) is 0.500. The van der Waals surface area contributed by atoms with Crippen LogP contribution in [0.15, 0.2) is 24.3 Å². The van der Waals surface area contributed by atoms with Crippen molar-refractivity contribution in [2.45, 2.75) is 6.92 Å². The lowest BCUT2D eigenvalue weighted by Gasteiger charge is -2.28. The minimum Gasteiger partial charge on any atom is -0.378 e. The van der Waals surface area contributed by atoms with Crippen molar-refractivity contribution < 1.29 is 19.1 Å². The molecule has 8 nitrogen and oxygen atoms in total. The fourth-order valence-corrected chi connectivity index (χ4v) is 2.65. The molecule has 1 fully saturated rings. The molecule has 1 aliphatic rings. The predicted octanol–water partition coefficient (Wildman–Crippen LogP) is 0.165. The van der Waals surface area contributed by atoms with Crippen LogP contribution in [0.5, 0.6) is 0 Å². The molecule has 0 aromatic heterocycles. The van der Waals surface area contributed by atoms with Gasteiger partial charge in [0.05, 0.1) is 26.3 Å². The van der Waals surface area contributed by atoms with Gasteiger partial charge in [0.1, 0.15) is 0 Å². The molecule has 3 amide bonds. The molecule has 0 spiro atoms. The van der Waals surface area contributed by atoms with E-state index in [1.165, 1.54) is 0 Å². The first-order valence-electron chi connectivity index (χ1n) is 8.71. The van der Waals surface area contributed by atoms with Crippen LogP contribution >= 0.6 is 0 Å². The van der Waals surface area contributed by atoms with E-state index in [-0.39, 0.29) is 30.8 Å². The highest BCUT2D eigenvalue weighted by Gasteiger charge is 2.19. The summed E-state index contributed by atoms with van der Waals surface area (Å²) >= 11 is 0. The van der Waals surface area contributed by atoms with Crippen molar-refractivity contribution in [1.82, 2.24) is 15.1 Å². The van der Waals surface area contributed by atoms with Gasteiger partial charge in [-0.2, -0.15) is 0 Å². The third-order valence-corrected chi connectivity index (χ3v) is 3.93. The third kappa shape index (κ3) is 6.12. The van der Waals surface area contributed by atoms with Gasteiger partial charge in [-0.3, -0.25) is 19.3 Å². The molecule has 1 aliphatic heterocycles. The van der Waals surface area contributed by atoms with Gasteiger partial charge in [-0.25, -0.2) is 0 Å². The number of hydrogen-bond acceptors (Lipinski definition) is 5. The lowest BCUT2D eigenvalue weighted by Crippen LogP contribution is -2.46. The van der Waals surface area contributed by atoms with Crippen LogP contribution in [0.2, 0.25) is 0 Å². The number of carbonyl (C=O) groups excluding carboxylic acids is 3. The van der Waals surface area contributed by atoms with E-state index in [1.807, 2.05) is 6.92 Å². The molecule has 0 saturated carbocycles. The Balaban J connectivity index is 1.83. The number of nitrogens with one attached hydrogen (secondary N) is 2. The largest absolute Gasteiger partial charge is 0.378 e. The van der Waals surface area contributed by atoms with Gasteiger partial charge in [0.15, 0.2) is 0 Å². The minimum atomic E-state index is -0.240. The second-order valence-corrected chi connectivity index (χ2v) is 6.15. The van der Waals surface area contributed by atoms with Crippen molar-refractivity contribution in [2.24, 2.45) is 0 Å². The number of nitrogens with zero attached hydrogens (tertiary/aromatic N) is 2. The molecule has 0 unspecified atom stereocenters. The van der Waals surface area contributed by atoms with E-state index in [0.717, 1.165) is 0 Å². The van der Waals surface area contributed by atoms with Crippen LogP contribution in [-0.2, 0) is 14.3 Å². The first-order valence-corrected chi connectivity index (χ1v) is 8.71. The van der Waals surface area contributed by atoms with Crippen LogP contribution in [0.4, 0.5) is 5.69 Å². The Hall–Kier alpha value is -2.45. The summed E-state index contributed by atoms with van der Waals surface area (Å²) in [6.45, 7) is 4.93. The van der Waals surface area contributed by atoms with E-state index in [0.29, 0.717) is 44.1 Å². The van der Waals surface area contributed by atoms with Crippen LogP contribution in [0, 0.1) is 0 Å². The van der Waals surface area contributed by atoms with Gasteiger partial charge in [-0.05, 0) is 32.2 Å². The zero-order valence-corrected chi connectivity index (χ0v) is 15.3. The van der Waals surface area contributed by atoms with Crippen LogP contribution in [0.25, 0.3) is 0 Å². The summed E-state index contributed by atoms with van der Waals surface area (Å²) < 4.78 is 5.23. The zero-order chi connectivity index (χ0) is 18.9. The average molecular weight is 362 g/mol. The summed E-state index contributed by atoms with van der Waals surface area (Å²) in [4.78, 5) is 39.6. The highest BCUT2D eigenvalue weighted by atomic mass is 16.5. The van der Waals surface area contributed by atoms with Gasteiger partial charge >= 0.3 is 0 Å². The standard InChI is InChI=1S/C18H26N4O4/c1-3-19-18(25)14-5-4-6-15(11-14)20-16(23)12-21(2)13-17(24)22-7-9-26-10-8-22/h4-6,11H,3,7-10,12-13H2,1-2H3,(H,19,25)(H,20,23). The lowest BCUT2D eigenvalue weighted by molar-refractivity contribution is -0.136. The van der Waals surface area contributed by atoms with Crippen molar-refractivity contribution >= 4 is 23.4 Å². The number of hydrogen-bond donors (Lipinski definition) is 2. The number of rotatable bonds is 7. The molecular weight excluding hydrogens is 336 g/mol. The van der Waals surface area contributed by atoms with Crippen LogP contribution in [-0.4, -0.2) is 80.5 Å². The van der Waals surface area contributed by atoms with Gasteiger partial charge < -0.3 is 20.3 Å². The number of carbonyl (C=O) groups is 3. The summed E-state index contributed by atoms with van der Waals surface area (Å²) in [7, 11) is 1.73. The molecule has 2 N–H and O–H groups in total. The molecule has 8 heteroatoms. The SMILES string of the molecule is CCNC(=O)c1cccc(NC(=O)CN(C)CC(=O)N2CCOCC2)c1. The molecule has 0 atom stereocenters. The Morgan fingerprint density at radius 3 is 2.62 bits per heavy atom. The quantitative estimate of drug-likeness (QED) is 0.721. The summed E-state index contributed by atoms with van der Waals surface area (Å²) in [5.74, 6) is -0.436. The number of benzene rings is 1. The molecule has 0 bridgehead atoms. The molecule has 0 radical (unpaired) electrons. The van der Waals surface area contributed by atoms with Crippen LogP contribution < -0.4 is 10.6 Å². The normalized spacial score (nSPS) is 14.2. The van der Waals surface area contributed by atoms with Crippen molar-refractivity contribution in [2.75, 3.05) is 58.3 Å².